The summed E-state index contributed by atoms with van der Waals surface area (Å²) in [6.45, 7) is 3.34. The number of carbonyl (C=O) groups is 2. The van der Waals surface area contributed by atoms with Gasteiger partial charge in [-0.15, -0.1) is 0 Å². The molecule has 122 valence electrons. The van der Waals surface area contributed by atoms with Gasteiger partial charge in [-0.05, 0) is 24.1 Å². The molecule has 2 aliphatic rings. The molecule has 0 bridgehead atoms. The van der Waals surface area contributed by atoms with E-state index in [4.69, 9.17) is 0 Å². The largest absolute Gasteiger partial charge is 0.312 e. The third-order valence-corrected chi connectivity index (χ3v) is 4.99. The third-order valence-electron chi connectivity index (χ3n) is 4.10. The number of benzene rings is 1. The Hall–Kier alpha value is -1.82. The maximum atomic E-state index is 12.3. The molecule has 1 N–H and O–H groups in total. The highest BCUT2D eigenvalue weighted by Gasteiger charge is 2.35. The van der Waals surface area contributed by atoms with Gasteiger partial charge in [0.05, 0.1) is 12.5 Å². The first-order valence-corrected chi connectivity index (χ1v) is 9.03. The monoisotopic (exact) mass is 331 g/mol. The summed E-state index contributed by atoms with van der Waals surface area (Å²) >= 11 is 1.55. The standard InChI is InChI=1S/C17H21N3O2S/c1-2-3-12-4-6-14(7-5-12)20-11-13(10-15(20)21)16(22)19-17-18-8-9-23-17/h4-7,13H,2-3,8-11H2,1H3,(H,18,19,22)/t13-/m0/s1. The Balaban J connectivity index is 1.63. The van der Waals surface area contributed by atoms with Gasteiger partial charge < -0.3 is 10.2 Å². The number of thioether (sulfide) groups is 1. The summed E-state index contributed by atoms with van der Waals surface area (Å²) in [5, 5.41) is 3.52. The molecule has 0 unspecified atom stereocenters. The van der Waals surface area contributed by atoms with Gasteiger partial charge in [-0.2, -0.15) is 0 Å². The van der Waals surface area contributed by atoms with Crippen LogP contribution >= 0.6 is 11.8 Å². The lowest BCUT2D eigenvalue weighted by molar-refractivity contribution is -0.125. The quantitative estimate of drug-likeness (QED) is 0.920. The van der Waals surface area contributed by atoms with E-state index in [1.54, 1.807) is 16.7 Å². The van der Waals surface area contributed by atoms with E-state index < -0.39 is 0 Å². The molecule has 6 heteroatoms. The first-order valence-electron chi connectivity index (χ1n) is 8.05. The molecule has 0 aromatic heterocycles. The summed E-state index contributed by atoms with van der Waals surface area (Å²) in [6.07, 6.45) is 2.41. The Morgan fingerprint density at radius 3 is 2.83 bits per heavy atom. The van der Waals surface area contributed by atoms with Gasteiger partial charge in [0.25, 0.3) is 0 Å². The second kappa shape index (κ2) is 7.17. The maximum Gasteiger partial charge on any atom is 0.231 e. The van der Waals surface area contributed by atoms with Gasteiger partial charge in [-0.1, -0.05) is 37.2 Å². The number of hydrogen-bond acceptors (Lipinski definition) is 4. The molecular weight excluding hydrogens is 310 g/mol. The summed E-state index contributed by atoms with van der Waals surface area (Å²) < 4.78 is 0. The van der Waals surface area contributed by atoms with Crippen LogP contribution < -0.4 is 10.2 Å². The Bertz CT molecular complexity index is 627. The second-order valence-electron chi connectivity index (χ2n) is 5.85. The average Bonchev–Trinajstić information content (AvgIpc) is 3.18. The van der Waals surface area contributed by atoms with E-state index in [0.717, 1.165) is 30.8 Å². The summed E-state index contributed by atoms with van der Waals surface area (Å²) in [7, 11) is 0. The Morgan fingerprint density at radius 2 is 2.17 bits per heavy atom. The zero-order valence-corrected chi connectivity index (χ0v) is 14.1. The molecule has 23 heavy (non-hydrogen) atoms. The molecule has 5 nitrogen and oxygen atoms in total. The number of rotatable bonds is 4. The lowest BCUT2D eigenvalue weighted by Gasteiger charge is -2.17. The van der Waals surface area contributed by atoms with Crippen molar-refractivity contribution in [1.82, 2.24) is 5.32 Å². The minimum absolute atomic E-state index is 0.00871. The maximum absolute atomic E-state index is 12.3. The van der Waals surface area contributed by atoms with E-state index >= 15 is 0 Å². The summed E-state index contributed by atoms with van der Waals surface area (Å²) in [4.78, 5) is 30.5. The van der Waals surface area contributed by atoms with Gasteiger partial charge >= 0.3 is 0 Å². The van der Waals surface area contributed by atoms with Crippen molar-refractivity contribution in [2.45, 2.75) is 26.2 Å². The first kappa shape index (κ1) is 16.1. The van der Waals surface area contributed by atoms with Crippen LogP contribution in [0.25, 0.3) is 0 Å². The topological polar surface area (TPSA) is 61.8 Å². The highest BCUT2D eigenvalue weighted by molar-refractivity contribution is 8.14. The first-order chi connectivity index (χ1) is 11.2. The van der Waals surface area contributed by atoms with Gasteiger partial charge in [0.2, 0.25) is 11.8 Å². The van der Waals surface area contributed by atoms with Crippen molar-refractivity contribution < 1.29 is 9.59 Å². The molecule has 0 saturated carbocycles. The molecule has 1 saturated heterocycles. The van der Waals surface area contributed by atoms with E-state index in [1.807, 2.05) is 12.1 Å². The predicted molar refractivity (Wildman–Crippen MR) is 93.8 cm³/mol. The van der Waals surface area contributed by atoms with Crippen molar-refractivity contribution in [3.05, 3.63) is 29.8 Å². The molecule has 1 fully saturated rings. The normalized spacial score (nSPS) is 20.7. The molecular formula is C17H21N3O2S. The van der Waals surface area contributed by atoms with Crippen LogP contribution in [0.5, 0.6) is 0 Å². The molecule has 1 aromatic rings. The number of nitrogens with one attached hydrogen (secondary N) is 1. The molecule has 1 atom stereocenters. The predicted octanol–water partition coefficient (Wildman–Crippen LogP) is 2.21. The Morgan fingerprint density at radius 1 is 1.39 bits per heavy atom. The molecule has 0 spiro atoms. The van der Waals surface area contributed by atoms with Crippen molar-refractivity contribution in [1.29, 1.82) is 0 Å². The van der Waals surface area contributed by atoms with Crippen LogP contribution in [0.3, 0.4) is 0 Å². The summed E-state index contributed by atoms with van der Waals surface area (Å²) in [5.74, 6) is 0.517. The van der Waals surface area contributed by atoms with Crippen molar-refractivity contribution in [2.75, 3.05) is 23.7 Å². The fourth-order valence-corrected chi connectivity index (χ4v) is 3.61. The number of aryl methyl sites for hydroxylation is 1. The van der Waals surface area contributed by atoms with Crippen LogP contribution in [0.1, 0.15) is 25.3 Å². The number of hydrogen-bond donors (Lipinski definition) is 1. The Kier molecular flexibility index (Phi) is 5.00. The van der Waals surface area contributed by atoms with Crippen LogP contribution in [0.15, 0.2) is 29.3 Å². The summed E-state index contributed by atoms with van der Waals surface area (Å²) in [5.41, 5.74) is 2.14. The van der Waals surface area contributed by atoms with Gasteiger partial charge in [-0.25, -0.2) is 0 Å². The Labute approximate surface area is 140 Å². The van der Waals surface area contributed by atoms with Crippen LogP contribution in [-0.2, 0) is 16.0 Å². The van der Waals surface area contributed by atoms with Crippen molar-refractivity contribution in [3.63, 3.8) is 0 Å². The minimum Gasteiger partial charge on any atom is -0.312 e. The van der Waals surface area contributed by atoms with Crippen LogP contribution in [0, 0.1) is 5.92 Å². The number of nitrogens with zero attached hydrogens (tertiary/aromatic N) is 2. The van der Waals surface area contributed by atoms with Gasteiger partial charge in [0.1, 0.15) is 0 Å². The number of aliphatic imine (C=N–C) groups is 1. The van der Waals surface area contributed by atoms with E-state index in [0.29, 0.717) is 11.7 Å². The molecule has 1 aromatic carbocycles. The lowest BCUT2D eigenvalue weighted by atomic mass is 10.1. The molecule has 3 rings (SSSR count). The lowest BCUT2D eigenvalue weighted by Crippen LogP contribution is -2.35. The number of amidine groups is 1. The molecule has 2 aliphatic heterocycles. The zero-order chi connectivity index (χ0) is 16.2. The van der Waals surface area contributed by atoms with E-state index in [-0.39, 0.29) is 24.2 Å². The smallest absolute Gasteiger partial charge is 0.231 e. The van der Waals surface area contributed by atoms with E-state index in [1.165, 1.54) is 5.56 Å². The second-order valence-corrected chi connectivity index (χ2v) is 6.93. The van der Waals surface area contributed by atoms with Gasteiger partial charge in [-0.3, -0.25) is 14.6 Å². The average molecular weight is 331 g/mol. The molecule has 0 radical (unpaired) electrons. The van der Waals surface area contributed by atoms with Crippen LogP contribution in [0.4, 0.5) is 5.69 Å². The third kappa shape index (κ3) is 3.75. The van der Waals surface area contributed by atoms with E-state index in [9.17, 15) is 9.59 Å². The molecule has 2 heterocycles. The summed E-state index contributed by atoms with van der Waals surface area (Å²) in [6, 6.07) is 8.06. The van der Waals surface area contributed by atoms with Crippen molar-refractivity contribution >= 4 is 34.4 Å². The van der Waals surface area contributed by atoms with Crippen molar-refractivity contribution in [2.24, 2.45) is 10.9 Å². The fourth-order valence-electron chi connectivity index (χ4n) is 2.88. The van der Waals surface area contributed by atoms with Gasteiger partial charge in [0.15, 0.2) is 5.17 Å². The van der Waals surface area contributed by atoms with Gasteiger partial charge in [0, 0.05) is 24.4 Å². The minimum atomic E-state index is -0.304. The molecule has 0 aliphatic carbocycles. The van der Waals surface area contributed by atoms with Crippen molar-refractivity contribution in [3.8, 4) is 0 Å². The van der Waals surface area contributed by atoms with Crippen LogP contribution in [-0.4, -0.2) is 35.8 Å². The number of carbonyl (C=O) groups excluding carboxylic acids is 2. The number of anilines is 1. The highest BCUT2D eigenvalue weighted by atomic mass is 32.2. The molecule has 2 amide bonds. The number of amides is 2. The zero-order valence-electron chi connectivity index (χ0n) is 13.2. The van der Waals surface area contributed by atoms with E-state index in [2.05, 4.69) is 29.4 Å². The SMILES string of the molecule is CCCc1ccc(N2C[C@@H](C(=O)NC3=NCCS3)CC2=O)cc1. The van der Waals surface area contributed by atoms with Crippen LogP contribution in [0.2, 0.25) is 0 Å². The fraction of sp³-hybridized carbons (Fsp3) is 0.471. The highest BCUT2D eigenvalue weighted by Crippen LogP contribution is 2.26.